The smallest absolute Gasteiger partial charge is 0.252 e. The normalized spacial score (nSPS) is 11.4. The third kappa shape index (κ3) is 4.53. The minimum absolute atomic E-state index is 0.162. The van der Waals surface area contributed by atoms with Crippen molar-refractivity contribution in [3.05, 3.63) is 132 Å². The lowest BCUT2D eigenvalue weighted by Gasteiger charge is -2.21. The van der Waals surface area contributed by atoms with Gasteiger partial charge in [-0.3, -0.25) is 4.79 Å². The summed E-state index contributed by atoms with van der Waals surface area (Å²) in [5.41, 5.74) is 3.44. The van der Waals surface area contributed by atoms with Gasteiger partial charge in [0.1, 0.15) is 5.76 Å². The molecule has 0 atom stereocenters. The van der Waals surface area contributed by atoms with Crippen LogP contribution in [-0.4, -0.2) is 5.91 Å². The first-order valence-electron chi connectivity index (χ1n) is 9.52. The number of carbonyl (C=O) groups excluding carboxylic acids is 1. The standard InChI is InChI=1S/C26H21NO2/c28-26(24(19-23-17-10-18-29-23)20-11-4-1-5-12-20)27-25(21-13-6-2-7-14-21)22-15-8-3-9-16-22/h1-19,25H,(H,27,28)/b24-19+. The number of hydrogen-bond donors (Lipinski definition) is 1. The summed E-state index contributed by atoms with van der Waals surface area (Å²) in [5, 5.41) is 3.21. The Kier molecular flexibility index (Phi) is 5.68. The van der Waals surface area contributed by atoms with Gasteiger partial charge in [0.15, 0.2) is 0 Å². The fourth-order valence-corrected chi connectivity index (χ4v) is 3.27. The number of hydrogen-bond acceptors (Lipinski definition) is 2. The van der Waals surface area contributed by atoms with Crippen LogP contribution in [0.4, 0.5) is 0 Å². The van der Waals surface area contributed by atoms with Crippen molar-refractivity contribution >= 4 is 17.6 Å². The first-order valence-corrected chi connectivity index (χ1v) is 9.52. The second-order valence-electron chi connectivity index (χ2n) is 6.67. The predicted octanol–water partition coefficient (Wildman–Crippen LogP) is 5.73. The van der Waals surface area contributed by atoms with Gasteiger partial charge < -0.3 is 9.73 Å². The Morgan fingerprint density at radius 1 is 0.724 bits per heavy atom. The van der Waals surface area contributed by atoms with Crippen molar-refractivity contribution in [2.45, 2.75) is 6.04 Å². The van der Waals surface area contributed by atoms with Gasteiger partial charge in [0.2, 0.25) is 0 Å². The van der Waals surface area contributed by atoms with Gasteiger partial charge in [-0.2, -0.15) is 0 Å². The van der Waals surface area contributed by atoms with Crippen LogP contribution in [0.15, 0.2) is 114 Å². The predicted molar refractivity (Wildman–Crippen MR) is 116 cm³/mol. The van der Waals surface area contributed by atoms with E-state index < -0.39 is 0 Å². The highest BCUT2D eigenvalue weighted by Crippen LogP contribution is 2.25. The molecule has 1 N–H and O–H groups in total. The molecule has 0 bridgehead atoms. The van der Waals surface area contributed by atoms with Gasteiger partial charge in [0.25, 0.3) is 5.91 Å². The molecule has 0 unspecified atom stereocenters. The Morgan fingerprint density at radius 2 is 1.28 bits per heavy atom. The summed E-state index contributed by atoms with van der Waals surface area (Å²) in [6.45, 7) is 0. The largest absolute Gasteiger partial charge is 0.465 e. The van der Waals surface area contributed by atoms with Gasteiger partial charge in [-0.1, -0.05) is 91.0 Å². The molecule has 0 saturated carbocycles. The van der Waals surface area contributed by atoms with E-state index in [0.717, 1.165) is 16.7 Å². The molecule has 0 aliphatic heterocycles. The Bertz CT molecular complexity index is 1030. The zero-order valence-corrected chi connectivity index (χ0v) is 15.9. The quantitative estimate of drug-likeness (QED) is 0.435. The van der Waals surface area contributed by atoms with Crippen LogP contribution in [0.5, 0.6) is 0 Å². The Balaban J connectivity index is 1.71. The molecule has 29 heavy (non-hydrogen) atoms. The van der Waals surface area contributed by atoms with Crippen LogP contribution in [0.25, 0.3) is 11.6 Å². The maximum Gasteiger partial charge on any atom is 0.252 e. The molecular formula is C26H21NO2. The van der Waals surface area contributed by atoms with Gasteiger partial charge in [0.05, 0.1) is 17.9 Å². The van der Waals surface area contributed by atoms with Crippen LogP contribution in [0.3, 0.4) is 0 Å². The van der Waals surface area contributed by atoms with Crippen molar-refractivity contribution in [2.24, 2.45) is 0 Å². The lowest BCUT2D eigenvalue weighted by Crippen LogP contribution is -2.30. The number of benzene rings is 3. The fraction of sp³-hybridized carbons (Fsp3) is 0.0385. The summed E-state index contributed by atoms with van der Waals surface area (Å²) >= 11 is 0. The second-order valence-corrected chi connectivity index (χ2v) is 6.67. The van der Waals surface area contributed by atoms with Crippen LogP contribution in [-0.2, 0) is 4.79 Å². The van der Waals surface area contributed by atoms with E-state index >= 15 is 0 Å². The molecule has 0 aliphatic carbocycles. The number of amides is 1. The van der Waals surface area contributed by atoms with Crippen LogP contribution >= 0.6 is 0 Å². The first-order chi connectivity index (χ1) is 14.3. The maximum absolute atomic E-state index is 13.4. The Labute approximate surface area is 170 Å². The van der Waals surface area contributed by atoms with Crippen LogP contribution < -0.4 is 5.32 Å². The van der Waals surface area contributed by atoms with E-state index in [4.69, 9.17) is 4.42 Å². The van der Waals surface area contributed by atoms with Crippen molar-refractivity contribution in [2.75, 3.05) is 0 Å². The minimum atomic E-state index is -0.256. The van der Waals surface area contributed by atoms with Gasteiger partial charge in [-0.05, 0) is 34.9 Å². The van der Waals surface area contributed by atoms with E-state index in [1.807, 2.05) is 103 Å². The van der Waals surface area contributed by atoms with E-state index in [0.29, 0.717) is 11.3 Å². The monoisotopic (exact) mass is 379 g/mol. The van der Waals surface area contributed by atoms with E-state index in [2.05, 4.69) is 5.32 Å². The highest BCUT2D eigenvalue weighted by atomic mass is 16.3. The molecule has 3 heteroatoms. The molecule has 3 nitrogen and oxygen atoms in total. The maximum atomic E-state index is 13.4. The van der Waals surface area contributed by atoms with Gasteiger partial charge in [-0.15, -0.1) is 0 Å². The minimum Gasteiger partial charge on any atom is -0.465 e. The van der Waals surface area contributed by atoms with E-state index in [-0.39, 0.29) is 11.9 Å². The molecule has 4 aromatic rings. The molecule has 1 amide bonds. The Morgan fingerprint density at radius 3 is 1.79 bits per heavy atom. The van der Waals surface area contributed by atoms with Crippen molar-refractivity contribution in [3.63, 3.8) is 0 Å². The molecule has 3 aromatic carbocycles. The van der Waals surface area contributed by atoms with Crippen molar-refractivity contribution < 1.29 is 9.21 Å². The van der Waals surface area contributed by atoms with E-state index in [1.54, 1.807) is 12.3 Å². The molecule has 0 radical (unpaired) electrons. The third-order valence-electron chi connectivity index (χ3n) is 4.70. The molecule has 142 valence electrons. The van der Waals surface area contributed by atoms with E-state index in [9.17, 15) is 4.79 Å². The van der Waals surface area contributed by atoms with Crippen LogP contribution in [0.2, 0.25) is 0 Å². The summed E-state index contributed by atoms with van der Waals surface area (Å²) in [6, 6.07) is 33.0. The van der Waals surface area contributed by atoms with Crippen LogP contribution in [0.1, 0.15) is 28.5 Å². The van der Waals surface area contributed by atoms with Gasteiger partial charge >= 0.3 is 0 Å². The molecule has 0 fully saturated rings. The van der Waals surface area contributed by atoms with Crippen molar-refractivity contribution in [1.29, 1.82) is 0 Å². The van der Waals surface area contributed by atoms with E-state index in [1.165, 1.54) is 0 Å². The zero-order valence-electron chi connectivity index (χ0n) is 15.9. The van der Waals surface area contributed by atoms with Gasteiger partial charge in [0, 0.05) is 0 Å². The average Bonchev–Trinajstić information content (AvgIpc) is 3.31. The molecular weight excluding hydrogens is 358 g/mol. The summed E-state index contributed by atoms with van der Waals surface area (Å²) in [5.74, 6) is 0.472. The SMILES string of the molecule is O=C(NC(c1ccccc1)c1ccccc1)/C(=C/c1ccco1)c1ccccc1. The summed E-state index contributed by atoms with van der Waals surface area (Å²) in [4.78, 5) is 13.4. The Hall–Kier alpha value is -3.85. The van der Waals surface area contributed by atoms with Crippen molar-refractivity contribution in [1.82, 2.24) is 5.32 Å². The molecule has 4 rings (SSSR count). The lowest BCUT2D eigenvalue weighted by atomic mass is 9.97. The van der Waals surface area contributed by atoms with Crippen LogP contribution in [0, 0.1) is 0 Å². The fourth-order valence-electron chi connectivity index (χ4n) is 3.27. The average molecular weight is 379 g/mol. The topological polar surface area (TPSA) is 42.2 Å². The number of furan rings is 1. The third-order valence-corrected chi connectivity index (χ3v) is 4.70. The lowest BCUT2D eigenvalue weighted by molar-refractivity contribution is -0.116. The molecule has 0 spiro atoms. The summed E-state index contributed by atoms with van der Waals surface area (Å²) in [7, 11) is 0. The molecule has 1 heterocycles. The van der Waals surface area contributed by atoms with Crippen molar-refractivity contribution in [3.8, 4) is 0 Å². The number of rotatable bonds is 6. The summed E-state index contributed by atoms with van der Waals surface area (Å²) in [6.07, 6.45) is 3.38. The number of carbonyl (C=O) groups is 1. The highest BCUT2D eigenvalue weighted by Gasteiger charge is 2.20. The summed E-state index contributed by atoms with van der Waals surface area (Å²) < 4.78 is 5.45. The molecule has 1 aromatic heterocycles. The number of nitrogens with one attached hydrogen (secondary N) is 1. The zero-order chi connectivity index (χ0) is 19.9. The second kappa shape index (κ2) is 8.89. The molecule has 0 saturated heterocycles. The molecule has 0 aliphatic rings. The first kappa shape index (κ1) is 18.5. The van der Waals surface area contributed by atoms with Gasteiger partial charge in [-0.25, -0.2) is 0 Å². The highest BCUT2D eigenvalue weighted by molar-refractivity contribution is 6.24.